The van der Waals surface area contributed by atoms with Crippen molar-refractivity contribution >= 4 is 23.1 Å². The fraction of sp³-hybridized carbons (Fsp3) is 0.391. The number of amides is 1. The van der Waals surface area contributed by atoms with Crippen molar-refractivity contribution in [3.63, 3.8) is 0 Å². The first kappa shape index (κ1) is 19.6. The molecule has 1 saturated heterocycles. The summed E-state index contributed by atoms with van der Waals surface area (Å²) in [5.41, 5.74) is 3.80. The van der Waals surface area contributed by atoms with Gasteiger partial charge in [0.1, 0.15) is 5.82 Å². The van der Waals surface area contributed by atoms with Gasteiger partial charge in [-0.1, -0.05) is 0 Å². The molecular formula is C23H26FN3O2. The molecule has 1 amide bonds. The number of carbonyl (C=O) groups excluding carboxylic acids is 2. The second-order valence-electron chi connectivity index (χ2n) is 7.74. The Balaban J connectivity index is 1.28. The number of carbonyl (C=O) groups is 2. The molecule has 152 valence electrons. The van der Waals surface area contributed by atoms with E-state index in [2.05, 4.69) is 9.80 Å². The Labute approximate surface area is 170 Å². The van der Waals surface area contributed by atoms with Crippen molar-refractivity contribution in [2.24, 2.45) is 0 Å². The molecule has 5 nitrogen and oxygen atoms in total. The number of nitrogens with zero attached hydrogens (tertiary/aromatic N) is 3. The van der Waals surface area contributed by atoms with Gasteiger partial charge in [-0.15, -0.1) is 0 Å². The highest BCUT2D eigenvalue weighted by Crippen LogP contribution is 2.29. The second kappa shape index (κ2) is 8.33. The van der Waals surface area contributed by atoms with Crippen LogP contribution in [0.3, 0.4) is 0 Å². The molecule has 2 aromatic carbocycles. The smallest absolute Gasteiger partial charge is 0.223 e. The van der Waals surface area contributed by atoms with Crippen LogP contribution in [0.25, 0.3) is 0 Å². The maximum atomic E-state index is 13.1. The molecule has 0 spiro atoms. The number of anilines is 2. The molecule has 0 saturated carbocycles. The minimum atomic E-state index is -0.216. The van der Waals surface area contributed by atoms with Crippen LogP contribution in [0.2, 0.25) is 0 Å². The van der Waals surface area contributed by atoms with E-state index in [4.69, 9.17) is 0 Å². The van der Waals surface area contributed by atoms with Crippen molar-refractivity contribution in [1.82, 2.24) is 4.90 Å². The number of halogens is 1. The van der Waals surface area contributed by atoms with Crippen molar-refractivity contribution in [1.29, 1.82) is 0 Å². The number of ketones is 1. The van der Waals surface area contributed by atoms with Crippen molar-refractivity contribution in [2.75, 3.05) is 49.1 Å². The van der Waals surface area contributed by atoms with Crippen LogP contribution < -0.4 is 9.80 Å². The minimum Gasteiger partial charge on any atom is -0.369 e. The average Bonchev–Trinajstić information content (AvgIpc) is 3.16. The number of Topliss-reactive ketones (excluding diaryl/α,β-unsaturated/α-hetero) is 1. The number of fused-ring (bicyclic) bond motifs is 1. The zero-order valence-corrected chi connectivity index (χ0v) is 16.7. The van der Waals surface area contributed by atoms with Gasteiger partial charge in [0.15, 0.2) is 5.78 Å². The summed E-state index contributed by atoms with van der Waals surface area (Å²) >= 11 is 0. The summed E-state index contributed by atoms with van der Waals surface area (Å²) in [4.78, 5) is 30.7. The Hall–Kier alpha value is -2.73. The summed E-state index contributed by atoms with van der Waals surface area (Å²) in [7, 11) is 0. The van der Waals surface area contributed by atoms with E-state index in [-0.39, 0.29) is 17.5 Å². The molecule has 2 aromatic rings. The lowest BCUT2D eigenvalue weighted by atomic mass is 10.0. The number of benzene rings is 2. The van der Waals surface area contributed by atoms with E-state index in [0.717, 1.165) is 61.6 Å². The third kappa shape index (κ3) is 4.32. The van der Waals surface area contributed by atoms with E-state index >= 15 is 0 Å². The molecule has 0 bridgehead atoms. The standard InChI is InChI=1S/C23H26FN3O2/c1-17(28)27-11-8-18-16-19(2-7-22(18)27)23(29)9-10-25-12-14-26(15-13-25)21-5-3-20(24)4-6-21/h2-7,16H,8-15H2,1H3. The quantitative estimate of drug-likeness (QED) is 0.730. The Kier molecular flexibility index (Phi) is 5.62. The predicted octanol–water partition coefficient (Wildman–Crippen LogP) is 3.13. The highest BCUT2D eigenvalue weighted by molar-refractivity contribution is 5.99. The maximum Gasteiger partial charge on any atom is 0.223 e. The van der Waals surface area contributed by atoms with Crippen LogP contribution in [0.4, 0.5) is 15.8 Å². The third-order valence-electron chi connectivity index (χ3n) is 5.90. The minimum absolute atomic E-state index is 0.0441. The fourth-order valence-electron chi connectivity index (χ4n) is 4.19. The normalized spacial score (nSPS) is 16.8. The molecule has 0 aromatic heterocycles. The van der Waals surface area contributed by atoms with Gasteiger partial charge in [-0.25, -0.2) is 4.39 Å². The number of rotatable bonds is 5. The van der Waals surface area contributed by atoms with Crippen LogP contribution in [0.15, 0.2) is 42.5 Å². The van der Waals surface area contributed by atoms with Crippen molar-refractivity contribution in [3.05, 3.63) is 59.4 Å². The second-order valence-corrected chi connectivity index (χ2v) is 7.74. The van der Waals surface area contributed by atoms with Gasteiger partial charge in [-0.05, 0) is 54.4 Å². The number of hydrogen-bond donors (Lipinski definition) is 0. The lowest BCUT2D eigenvalue weighted by Gasteiger charge is -2.36. The molecule has 0 aliphatic carbocycles. The zero-order chi connectivity index (χ0) is 20.4. The van der Waals surface area contributed by atoms with E-state index in [1.165, 1.54) is 12.1 Å². The van der Waals surface area contributed by atoms with Gasteiger partial charge in [0, 0.05) is 69.6 Å². The van der Waals surface area contributed by atoms with E-state index in [9.17, 15) is 14.0 Å². The van der Waals surface area contributed by atoms with Gasteiger partial charge in [0.2, 0.25) is 5.91 Å². The first-order valence-electron chi connectivity index (χ1n) is 10.2. The van der Waals surface area contributed by atoms with Gasteiger partial charge >= 0.3 is 0 Å². The van der Waals surface area contributed by atoms with Crippen molar-refractivity contribution in [2.45, 2.75) is 19.8 Å². The van der Waals surface area contributed by atoms with Gasteiger partial charge in [0.05, 0.1) is 0 Å². The zero-order valence-electron chi connectivity index (χ0n) is 16.7. The maximum absolute atomic E-state index is 13.1. The first-order valence-corrected chi connectivity index (χ1v) is 10.2. The van der Waals surface area contributed by atoms with Crippen LogP contribution >= 0.6 is 0 Å². The Morgan fingerprint density at radius 1 is 0.966 bits per heavy atom. The Morgan fingerprint density at radius 2 is 1.69 bits per heavy atom. The number of piperazine rings is 1. The SMILES string of the molecule is CC(=O)N1CCc2cc(C(=O)CCN3CCN(c4ccc(F)cc4)CC3)ccc21. The highest BCUT2D eigenvalue weighted by atomic mass is 19.1. The lowest BCUT2D eigenvalue weighted by Crippen LogP contribution is -2.46. The molecule has 1 fully saturated rings. The van der Waals surface area contributed by atoms with E-state index in [0.29, 0.717) is 13.0 Å². The lowest BCUT2D eigenvalue weighted by molar-refractivity contribution is -0.116. The average molecular weight is 395 g/mol. The molecular weight excluding hydrogens is 369 g/mol. The molecule has 0 atom stereocenters. The molecule has 2 heterocycles. The third-order valence-corrected chi connectivity index (χ3v) is 5.90. The van der Waals surface area contributed by atoms with Crippen LogP contribution in [0.1, 0.15) is 29.3 Å². The topological polar surface area (TPSA) is 43.9 Å². The monoisotopic (exact) mass is 395 g/mol. The predicted molar refractivity (Wildman–Crippen MR) is 112 cm³/mol. The van der Waals surface area contributed by atoms with E-state index < -0.39 is 0 Å². The van der Waals surface area contributed by atoms with Gasteiger partial charge in [-0.2, -0.15) is 0 Å². The Bertz CT molecular complexity index is 905. The molecule has 0 radical (unpaired) electrons. The van der Waals surface area contributed by atoms with E-state index in [1.54, 1.807) is 11.8 Å². The van der Waals surface area contributed by atoms with Crippen LogP contribution in [-0.2, 0) is 11.2 Å². The molecule has 6 heteroatoms. The van der Waals surface area contributed by atoms with Crippen molar-refractivity contribution in [3.8, 4) is 0 Å². The van der Waals surface area contributed by atoms with Crippen LogP contribution in [0, 0.1) is 5.82 Å². The molecule has 4 rings (SSSR count). The summed E-state index contributed by atoms with van der Waals surface area (Å²) < 4.78 is 13.1. The van der Waals surface area contributed by atoms with E-state index in [1.807, 2.05) is 30.3 Å². The van der Waals surface area contributed by atoms with Gasteiger partial charge in [0.25, 0.3) is 0 Å². The largest absolute Gasteiger partial charge is 0.369 e. The van der Waals surface area contributed by atoms with Crippen LogP contribution in [0.5, 0.6) is 0 Å². The molecule has 2 aliphatic heterocycles. The van der Waals surface area contributed by atoms with Crippen molar-refractivity contribution < 1.29 is 14.0 Å². The Morgan fingerprint density at radius 3 is 2.38 bits per heavy atom. The summed E-state index contributed by atoms with van der Waals surface area (Å²) in [6.45, 7) is 6.54. The fourth-order valence-corrected chi connectivity index (χ4v) is 4.19. The summed E-state index contributed by atoms with van der Waals surface area (Å²) in [6.07, 6.45) is 1.30. The molecule has 0 unspecified atom stereocenters. The molecule has 0 N–H and O–H groups in total. The molecule has 29 heavy (non-hydrogen) atoms. The van der Waals surface area contributed by atoms with Gasteiger partial charge < -0.3 is 9.80 Å². The highest BCUT2D eigenvalue weighted by Gasteiger charge is 2.23. The summed E-state index contributed by atoms with van der Waals surface area (Å²) in [5.74, 6) is -0.0240. The van der Waals surface area contributed by atoms with Crippen LogP contribution in [-0.4, -0.2) is 55.9 Å². The summed E-state index contributed by atoms with van der Waals surface area (Å²) in [6, 6.07) is 12.3. The molecule has 2 aliphatic rings. The summed E-state index contributed by atoms with van der Waals surface area (Å²) in [5, 5.41) is 0. The van der Waals surface area contributed by atoms with Gasteiger partial charge in [-0.3, -0.25) is 14.5 Å². The number of hydrogen-bond acceptors (Lipinski definition) is 4. The first-order chi connectivity index (χ1) is 14.0.